The van der Waals surface area contributed by atoms with E-state index in [1.54, 1.807) is 19.2 Å². The fraction of sp³-hybridized carbons (Fsp3) is 0.393. The molecule has 39 heavy (non-hydrogen) atoms. The summed E-state index contributed by atoms with van der Waals surface area (Å²) in [5, 5.41) is 12.5. The average Bonchev–Trinajstić information content (AvgIpc) is 3.55. The first-order valence-corrected chi connectivity index (χ1v) is 13.8. The van der Waals surface area contributed by atoms with Crippen LogP contribution in [0.5, 0.6) is 5.75 Å². The molecule has 9 nitrogen and oxygen atoms in total. The number of aromatic nitrogens is 3. The van der Waals surface area contributed by atoms with Crippen molar-refractivity contribution in [1.29, 1.82) is 0 Å². The lowest BCUT2D eigenvalue weighted by Crippen LogP contribution is -2.53. The number of benzene rings is 2. The molecule has 2 aromatic heterocycles. The van der Waals surface area contributed by atoms with Gasteiger partial charge in [-0.15, -0.1) is 0 Å². The summed E-state index contributed by atoms with van der Waals surface area (Å²) in [4.78, 5) is 30.9. The fourth-order valence-electron chi connectivity index (χ4n) is 5.70. The number of hydrogen-bond donors (Lipinski definition) is 2. The van der Waals surface area contributed by atoms with Crippen LogP contribution in [0.2, 0.25) is 0 Å². The average molecular weight is 598 g/mol. The standard InChI is InChI=1S/C28H29BrFN5O4/c1-33-25-21(32-26(33)22-9-16-4-3-5-20(29)24(16)35(22)12-15-6-7-15)8-17(10-23(25)39-2)27(36)34-13-18(30)11-19(14-34)31-28(37)38/h3-5,8-10,15,18-19,31H,6-7,11-14H2,1-2H3,(H,37,38)/t18-,19-/m1/s1. The van der Waals surface area contributed by atoms with Crippen LogP contribution in [0.15, 0.2) is 40.9 Å². The summed E-state index contributed by atoms with van der Waals surface area (Å²) in [6.45, 7) is 0.895. The van der Waals surface area contributed by atoms with Crippen LogP contribution in [0, 0.1) is 5.92 Å². The number of aryl methyl sites for hydroxylation is 1. The number of carboxylic acid groups (broad SMARTS) is 1. The topological polar surface area (TPSA) is 102 Å². The molecule has 0 bridgehead atoms. The number of alkyl halides is 1. The summed E-state index contributed by atoms with van der Waals surface area (Å²) in [5.74, 6) is 1.48. The van der Waals surface area contributed by atoms with Gasteiger partial charge in [-0.2, -0.15) is 0 Å². The van der Waals surface area contributed by atoms with Gasteiger partial charge in [-0.3, -0.25) is 4.79 Å². The second kappa shape index (κ2) is 9.86. The molecule has 204 valence electrons. The molecule has 1 aliphatic heterocycles. The van der Waals surface area contributed by atoms with E-state index in [1.165, 1.54) is 17.7 Å². The largest absolute Gasteiger partial charge is 0.494 e. The van der Waals surface area contributed by atoms with Crippen molar-refractivity contribution in [3.8, 4) is 17.3 Å². The number of ether oxygens (including phenoxy) is 1. The Morgan fingerprint density at radius 3 is 2.72 bits per heavy atom. The van der Waals surface area contributed by atoms with Crippen LogP contribution < -0.4 is 10.1 Å². The van der Waals surface area contributed by atoms with Crippen LogP contribution >= 0.6 is 15.9 Å². The molecule has 2 fully saturated rings. The number of nitrogens with one attached hydrogen (secondary N) is 1. The quantitative estimate of drug-likeness (QED) is 0.318. The number of piperidine rings is 1. The highest BCUT2D eigenvalue weighted by molar-refractivity contribution is 9.10. The van der Waals surface area contributed by atoms with Crippen molar-refractivity contribution in [3.63, 3.8) is 0 Å². The molecular weight excluding hydrogens is 569 g/mol. The van der Waals surface area contributed by atoms with Crippen molar-refractivity contribution in [1.82, 2.24) is 24.3 Å². The number of rotatable bonds is 6. The molecule has 3 heterocycles. The smallest absolute Gasteiger partial charge is 0.404 e. The highest BCUT2D eigenvalue weighted by Gasteiger charge is 2.32. The lowest BCUT2D eigenvalue weighted by molar-refractivity contribution is 0.0577. The summed E-state index contributed by atoms with van der Waals surface area (Å²) >= 11 is 3.73. The highest BCUT2D eigenvalue weighted by Crippen LogP contribution is 2.39. The van der Waals surface area contributed by atoms with Gasteiger partial charge < -0.3 is 29.2 Å². The number of fused-ring (bicyclic) bond motifs is 2. The number of likely N-dealkylation sites (tertiary alicyclic amines) is 1. The van der Waals surface area contributed by atoms with Gasteiger partial charge in [0.15, 0.2) is 5.82 Å². The lowest BCUT2D eigenvalue weighted by atomic mass is 10.0. The van der Waals surface area contributed by atoms with E-state index in [0.29, 0.717) is 22.7 Å². The van der Waals surface area contributed by atoms with E-state index < -0.39 is 24.2 Å². The Morgan fingerprint density at radius 1 is 1.21 bits per heavy atom. The molecule has 2 aliphatic rings. The molecule has 6 rings (SSSR count). The maximum Gasteiger partial charge on any atom is 0.404 e. The first-order valence-electron chi connectivity index (χ1n) is 13.0. The normalized spacial score (nSPS) is 19.5. The van der Waals surface area contributed by atoms with Crippen LogP contribution in [-0.2, 0) is 13.6 Å². The Kier molecular flexibility index (Phi) is 6.49. The van der Waals surface area contributed by atoms with Gasteiger partial charge in [0.05, 0.1) is 36.4 Å². The second-order valence-electron chi connectivity index (χ2n) is 10.5. The molecule has 11 heteroatoms. The molecule has 0 spiro atoms. The Bertz CT molecular complexity index is 1610. The molecular formula is C28H29BrFN5O4. The summed E-state index contributed by atoms with van der Waals surface area (Å²) in [7, 11) is 3.48. The van der Waals surface area contributed by atoms with E-state index in [9.17, 15) is 14.0 Å². The molecule has 1 aliphatic carbocycles. The third-order valence-electron chi connectivity index (χ3n) is 7.65. The van der Waals surface area contributed by atoms with Crippen LogP contribution in [-0.4, -0.2) is 68.5 Å². The first-order chi connectivity index (χ1) is 18.7. The van der Waals surface area contributed by atoms with E-state index in [0.717, 1.165) is 39.0 Å². The number of amides is 2. The third kappa shape index (κ3) is 4.73. The van der Waals surface area contributed by atoms with Gasteiger partial charge in [0, 0.05) is 42.0 Å². The van der Waals surface area contributed by atoms with Gasteiger partial charge in [0.1, 0.15) is 17.4 Å². The molecule has 1 saturated carbocycles. The molecule has 0 radical (unpaired) electrons. The molecule has 2 amide bonds. The van der Waals surface area contributed by atoms with Gasteiger partial charge in [-0.25, -0.2) is 14.2 Å². The number of methoxy groups -OCH3 is 1. The van der Waals surface area contributed by atoms with Crippen molar-refractivity contribution in [2.24, 2.45) is 13.0 Å². The first kappa shape index (κ1) is 25.7. The van der Waals surface area contributed by atoms with E-state index in [1.807, 2.05) is 23.7 Å². The Morgan fingerprint density at radius 2 is 2.00 bits per heavy atom. The van der Waals surface area contributed by atoms with Gasteiger partial charge in [-0.1, -0.05) is 12.1 Å². The summed E-state index contributed by atoms with van der Waals surface area (Å²) in [5.41, 5.74) is 3.76. The minimum atomic E-state index is -1.32. The van der Waals surface area contributed by atoms with Gasteiger partial charge in [0.2, 0.25) is 0 Å². The van der Waals surface area contributed by atoms with E-state index in [4.69, 9.17) is 14.8 Å². The lowest BCUT2D eigenvalue weighted by Gasteiger charge is -2.34. The number of nitrogens with zero attached hydrogens (tertiary/aromatic N) is 4. The zero-order valence-corrected chi connectivity index (χ0v) is 23.2. The zero-order valence-electron chi connectivity index (χ0n) is 21.7. The Balaban J connectivity index is 1.42. The van der Waals surface area contributed by atoms with E-state index in [-0.39, 0.29) is 19.5 Å². The summed E-state index contributed by atoms with van der Waals surface area (Å²) in [6.07, 6.45) is -0.0989. The predicted octanol–water partition coefficient (Wildman–Crippen LogP) is 5.20. The summed E-state index contributed by atoms with van der Waals surface area (Å²) in [6, 6.07) is 11.0. The second-order valence-corrected chi connectivity index (χ2v) is 11.3. The van der Waals surface area contributed by atoms with Gasteiger partial charge in [0.25, 0.3) is 5.91 Å². The molecule has 2 aromatic carbocycles. The van der Waals surface area contributed by atoms with E-state index in [2.05, 4.69) is 37.9 Å². The number of hydrogen-bond acceptors (Lipinski definition) is 4. The Hall–Kier alpha value is -3.60. The van der Waals surface area contributed by atoms with Gasteiger partial charge >= 0.3 is 6.09 Å². The van der Waals surface area contributed by atoms with Crippen LogP contribution in [0.3, 0.4) is 0 Å². The highest BCUT2D eigenvalue weighted by atomic mass is 79.9. The maximum absolute atomic E-state index is 14.4. The molecule has 0 unspecified atom stereocenters. The molecule has 4 aromatic rings. The monoisotopic (exact) mass is 597 g/mol. The molecule has 1 saturated heterocycles. The van der Waals surface area contributed by atoms with Crippen molar-refractivity contribution in [2.45, 2.75) is 38.0 Å². The minimum Gasteiger partial charge on any atom is -0.494 e. The number of imidazole rings is 1. The van der Waals surface area contributed by atoms with Crippen LogP contribution in [0.25, 0.3) is 33.5 Å². The zero-order chi connectivity index (χ0) is 27.4. The number of carbonyl (C=O) groups is 2. The van der Waals surface area contributed by atoms with Gasteiger partial charge in [-0.05, 0) is 59.0 Å². The molecule has 2 N–H and O–H groups in total. The minimum absolute atomic E-state index is 0.0347. The number of halogens is 2. The van der Waals surface area contributed by atoms with E-state index >= 15 is 0 Å². The summed E-state index contributed by atoms with van der Waals surface area (Å²) < 4.78 is 25.5. The van der Waals surface area contributed by atoms with Crippen molar-refractivity contribution >= 4 is 49.9 Å². The SMILES string of the molecule is COc1cc(C(=O)N2C[C@H](F)C[C@@H](NC(=O)O)C2)cc2nc(-c3cc4cccc(Br)c4n3CC3CC3)n(C)c12. The van der Waals surface area contributed by atoms with Crippen LogP contribution in [0.4, 0.5) is 9.18 Å². The number of carbonyl (C=O) groups excluding carboxylic acids is 1. The fourth-order valence-corrected chi connectivity index (χ4v) is 6.29. The maximum atomic E-state index is 14.4. The third-order valence-corrected chi connectivity index (χ3v) is 8.29. The molecule has 2 atom stereocenters. The van der Waals surface area contributed by atoms with Crippen molar-refractivity contribution < 1.29 is 23.8 Å². The Labute approximate surface area is 232 Å². The predicted molar refractivity (Wildman–Crippen MR) is 149 cm³/mol. The number of para-hydroxylation sites is 1. The van der Waals surface area contributed by atoms with Crippen molar-refractivity contribution in [3.05, 3.63) is 46.4 Å². The van der Waals surface area contributed by atoms with Crippen molar-refractivity contribution in [2.75, 3.05) is 20.2 Å². The van der Waals surface area contributed by atoms with Crippen LogP contribution in [0.1, 0.15) is 29.6 Å².